The number of halogens is 1. The Morgan fingerprint density at radius 1 is 1.60 bits per heavy atom. The SMILES string of the molecule is S=C=Nc1cncc(Cl)n1. The molecule has 0 aliphatic heterocycles. The van der Waals surface area contributed by atoms with Crippen molar-refractivity contribution in [2.75, 3.05) is 0 Å². The molecule has 5 heteroatoms. The predicted octanol–water partition coefficient (Wildman–Crippen LogP) is 1.86. The first-order chi connectivity index (χ1) is 4.83. The maximum atomic E-state index is 5.49. The van der Waals surface area contributed by atoms with E-state index in [0.29, 0.717) is 11.0 Å². The Hall–Kier alpha value is -0.830. The van der Waals surface area contributed by atoms with Crippen LogP contribution in [-0.4, -0.2) is 15.1 Å². The fraction of sp³-hybridized carbons (Fsp3) is 0. The molecule has 0 bridgehead atoms. The van der Waals surface area contributed by atoms with Crippen molar-refractivity contribution >= 4 is 34.8 Å². The molecule has 0 aromatic carbocycles. The van der Waals surface area contributed by atoms with Crippen LogP contribution in [0.3, 0.4) is 0 Å². The molecular weight excluding hydrogens is 170 g/mol. The van der Waals surface area contributed by atoms with Gasteiger partial charge in [-0.2, -0.15) is 4.99 Å². The second-order valence-corrected chi connectivity index (χ2v) is 1.97. The number of hydrogen-bond acceptors (Lipinski definition) is 4. The van der Waals surface area contributed by atoms with E-state index in [9.17, 15) is 0 Å². The van der Waals surface area contributed by atoms with Gasteiger partial charge in [0, 0.05) is 0 Å². The van der Waals surface area contributed by atoms with Crippen LogP contribution in [0.5, 0.6) is 0 Å². The monoisotopic (exact) mass is 171 g/mol. The van der Waals surface area contributed by atoms with Crippen molar-refractivity contribution in [3.05, 3.63) is 17.5 Å². The van der Waals surface area contributed by atoms with Gasteiger partial charge in [-0.3, -0.25) is 4.98 Å². The summed E-state index contributed by atoms with van der Waals surface area (Å²) >= 11 is 9.83. The van der Waals surface area contributed by atoms with Crippen molar-refractivity contribution in [3.8, 4) is 0 Å². The normalized spacial score (nSPS) is 8.50. The number of aromatic nitrogens is 2. The summed E-state index contributed by atoms with van der Waals surface area (Å²) in [5.41, 5.74) is 0. The molecule has 1 rings (SSSR count). The van der Waals surface area contributed by atoms with E-state index in [1.165, 1.54) is 12.4 Å². The van der Waals surface area contributed by atoms with Crippen molar-refractivity contribution in [2.45, 2.75) is 0 Å². The van der Waals surface area contributed by atoms with Crippen molar-refractivity contribution in [1.82, 2.24) is 9.97 Å². The molecule has 0 aliphatic carbocycles. The lowest BCUT2D eigenvalue weighted by molar-refractivity contribution is 1.18. The van der Waals surface area contributed by atoms with Crippen LogP contribution in [0.2, 0.25) is 5.15 Å². The number of hydrogen-bond donors (Lipinski definition) is 0. The molecule has 1 aromatic rings. The Kier molecular flexibility index (Phi) is 2.45. The van der Waals surface area contributed by atoms with Crippen molar-refractivity contribution in [3.63, 3.8) is 0 Å². The highest BCUT2D eigenvalue weighted by Gasteiger charge is 1.90. The standard InChI is InChI=1S/C5H2ClN3S/c6-4-1-7-2-5(9-4)8-3-10/h1-2H. The molecule has 0 amide bonds. The van der Waals surface area contributed by atoms with Crippen LogP contribution in [0.4, 0.5) is 5.82 Å². The Morgan fingerprint density at radius 2 is 2.40 bits per heavy atom. The quantitative estimate of drug-likeness (QED) is 0.478. The third-order valence-corrected chi connectivity index (χ3v) is 1.03. The summed E-state index contributed by atoms with van der Waals surface area (Å²) in [5, 5.41) is 2.46. The average molecular weight is 172 g/mol. The van der Waals surface area contributed by atoms with Gasteiger partial charge in [-0.25, -0.2) is 4.98 Å². The maximum Gasteiger partial charge on any atom is 0.182 e. The van der Waals surface area contributed by atoms with Gasteiger partial charge < -0.3 is 0 Å². The Morgan fingerprint density at radius 3 is 3.00 bits per heavy atom. The maximum absolute atomic E-state index is 5.49. The number of aliphatic imine (C=N–C) groups is 1. The first-order valence-corrected chi connectivity index (χ1v) is 3.17. The molecule has 0 saturated heterocycles. The summed E-state index contributed by atoms with van der Waals surface area (Å²) in [7, 11) is 0. The predicted molar refractivity (Wildman–Crippen MR) is 41.7 cm³/mol. The number of nitrogens with zero attached hydrogens (tertiary/aromatic N) is 3. The van der Waals surface area contributed by atoms with Crippen LogP contribution < -0.4 is 0 Å². The molecule has 0 N–H and O–H groups in total. The van der Waals surface area contributed by atoms with E-state index in [4.69, 9.17) is 11.6 Å². The van der Waals surface area contributed by atoms with E-state index in [1.807, 2.05) is 0 Å². The third-order valence-electron chi connectivity index (χ3n) is 0.753. The second kappa shape index (κ2) is 3.37. The second-order valence-electron chi connectivity index (χ2n) is 1.40. The minimum atomic E-state index is 0.298. The fourth-order valence-electron chi connectivity index (χ4n) is 0.433. The molecule has 0 spiro atoms. The van der Waals surface area contributed by atoms with Gasteiger partial charge in [0.2, 0.25) is 0 Å². The molecule has 0 unspecified atom stereocenters. The van der Waals surface area contributed by atoms with Gasteiger partial charge in [0.15, 0.2) is 5.82 Å². The molecule has 0 radical (unpaired) electrons. The third kappa shape index (κ3) is 1.84. The zero-order valence-electron chi connectivity index (χ0n) is 4.78. The summed E-state index contributed by atoms with van der Waals surface area (Å²) in [5.74, 6) is 0.377. The van der Waals surface area contributed by atoms with Crippen LogP contribution in [0, 0.1) is 0 Å². The molecule has 3 nitrogen and oxygen atoms in total. The number of thiocarbonyl (C=S) groups is 1. The van der Waals surface area contributed by atoms with Gasteiger partial charge >= 0.3 is 0 Å². The van der Waals surface area contributed by atoms with Crippen molar-refractivity contribution in [2.24, 2.45) is 4.99 Å². The number of isothiocyanates is 1. The van der Waals surface area contributed by atoms with Gasteiger partial charge in [-0.1, -0.05) is 11.6 Å². The molecule has 1 aromatic heterocycles. The van der Waals surface area contributed by atoms with E-state index < -0.39 is 0 Å². The van der Waals surface area contributed by atoms with E-state index in [1.54, 1.807) is 0 Å². The minimum absolute atomic E-state index is 0.298. The Balaban J connectivity index is 3.06. The first kappa shape index (κ1) is 7.28. The van der Waals surface area contributed by atoms with Gasteiger partial charge in [-0.05, 0) is 12.2 Å². The summed E-state index contributed by atoms with van der Waals surface area (Å²) < 4.78 is 0. The summed E-state index contributed by atoms with van der Waals surface area (Å²) in [6.45, 7) is 0. The van der Waals surface area contributed by atoms with Crippen LogP contribution >= 0.6 is 23.8 Å². The Labute approximate surface area is 67.8 Å². The van der Waals surface area contributed by atoms with E-state index in [0.717, 1.165) is 0 Å². The molecule has 1 heterocycles. The highest BCUT2D eigenvalue weighted by molar-refractivity contribution is 7.78. The van der Waals surface area contributed by atoms with E-state index in [2.05, 4.69) is 32.3 Å². The topological polar surface area (TPSA) is 38.1 Å². The summed E-state index contributed by atoms with van der Waals surface area (Å²) in [6, 6.07) is 0. The molecule has 0 atom stereocenters. The minimum Gasteiger partial charge on any atom is -0.258 e. The zero-order valence-corrected chi connectivity index (χ0v) is 6.35. The van der Waals surface area contributed by atoms with Crippen LogP contribution in [0.25, 0.3) is 0 Å². The molecule has 0 aliphatic rings. The van der Waals surface area contributed by atoms with Gasteiger partial charge in [0.05, 0.1) is 17.6 Å². The smallest absolute Gasteiger partial charge is 0.182 e. The van der Waals surface area contributed by atoms with E-state index in [-0.39, 0.29) is 0 Å². The van der Waals surface area contributed by atoms with Crippen LogP contribution in [0.1, 0.15) is 0 Å². The van der Waals surface area contributed by atoms with Gasteiger partial charge in [0.25, 0.3) is 0 Å². The van der Waals surface area contributed by atoms with E-state index >= 15 is 0 Å². The lowest BCUT2D eigenvalue weighted by Crippen LogP contribution is -1.76. The van der Waals surface area contributed by atoms with Gasteiger partial charge in [0.1, 0.15) is 5.15 Å². The van der Waals surface area contributed by atoms with Crippen LogP contribution in [0.15, 0.2) is 17.4 Å². The van der Waals surface area contributed by atoms with Gasteiger partial charge in [-0.15, -0.1) is 0 Å². The molecule has 0 saturated carbocycles. The van der Waals surface area contributed by atoms with Crippen molar-refractivity contribution < 1.29 is 0 Å². The fourth-order valence-corrected chi connectivity index (χ4v) is 0.670. The molecule has 50 valence electrons. The molecule has 10 heavy (non-hydrogen) atoms. The van der Waals surface area contributed by atoms with Crippen molar-refractivity contribution in [1.29, 1.82) is 0 Å². The molecule has 0 fully saturated rings. The highest BCUT2D eigenvalue weighted by atomic mass is 35.5. The number of rotatable bonds is 1. The Bertz CT molecular complexity index is 282. The lowest BCUT2D eigenvalue weighted by Gasteiger charge is -1.87. The van der Waals surface area contributed by atoms with Crippen LogP contribution in [-0.2, 0) is 0 Å². The first-order valence-electron chi connectivity index (χ1n) is 2.38. The summed E-state index contributed by atoms with van der Waals surface area (Å²) in [6.07, 6.45) is 2.87. The lowest BCUT2D eigenvalue weighted by atomic mass is 10.7. The zero-order chi connectivity index (χ0) is 7.40. The highest BCUT2D eigenvalue weighted by Crippen LogP contribution is 2.08. The largest absolute Gasteiger partial charge is 0.258 e. The summed E-state index contributed by atoms with van der Waals surface area (Å²) in [4.78, 5) is 11.1. The molecular formula is C5H2ClN3S. The average Bonchev–Trinajstić information content (AvgIpc) is 1.88.